The van der Waals surface area contributed by atoms with Crippen LogP contribution in [0, 0.1) is 0 Å². The molecule has 0 rings (SSSR count). The summed E-state index contributed by atoms with van der Waals surface area (Å²) in [5.41, 5.74) is 5.55. The molecule has 2 atom stereocenters. The number of esters is 1. The largest absolute Gasteiger partial charge is 0.463 e. The van der Waals surface area contributed by atoms with Gasteiger partial charge in [0.1, 0.15) is 0 Å². The van der Waals surface area contributed by atoms with Crippen LogP contribution in [0.25, 0.3) is 0 Å². The molecule has 3 heteroatoms. The summed E-state index contributed by atoms with van der Waals surface area (Å²) in [6.45, 7) is 5.85. The van der Waals surface area contributed by atoms with E-state index in [1.165, 1.54) is 0 Å². The second-order valence-electron chi connectivity index (χ2n) is 3.58. The maximum absolute atomic E-state index is 11.1. The van der Waals surface area contributed by atoms with E-state index in [1.807, 2.05) is 20.8 Å². The summed E-state index contributed by atoms with van der Waals surface area (Å²) in [4.78, 5) is 11.1. The van der Waals surface area contributed by atoms with Gasteiger partial charge >= 0.3 is 5.97 Å². The molecule has 0 spiro atoms. The molecule has 0 aromatic carbocycles. The molecule has 0 amide bonds. The van der Waals surface area contributed by atoms with Gasteiger partial charge in [0.15, 0.2) is 0 Å². The van der Waals surface area contributed by atoms with Gasteiger partial charge in [-0.2, -0.15) is 0 Å². The van der Waals surface area contributed by atoms with Gasteiger partial charge in [0.05, 0.1) is 6.10 Å². The summed E-state index contributed by atoms with van der Waals surface area (Å²) in [5.74, 6) is -0.102. The first-order chi connectivity index (χ1) is 6.06. The minimum absolute atomic E-state index is 0.0443. The van der Waals surface area contributed by atoms with Crippen LogP contribution in [0.5, 0.6) is 0 Å². The Bertz CT molecular complexity index is 146. The summed E-state index contributed by atoms with van der Waals surface area (Å²) in [6, 6.07) is 0.177. The van der Waals surface area contributed by atoms with Gasteiger partial charge in [-0.25, -0.2) is 0 Å². The normalized spacial score (nSPS) is 15.1. The lowest BCUT2D eigenvalue weighted by molar-refractivity contribution is -0.148. The molecular formula is C10H21NO2. The Hall–Kier alpha value is -0.570. The lowest BCUT2D eigenvalue weighted by atomic mass is 10.1. The molecule has 3 nitrogen and oxygen atoms in total. The molecule has 0 aromatic heterocycles. The van der Waals surface area contributed by atoms with Crippen molar-refractivity contribution in [2.75, 3.05) is 0 Å². The van der Waals surface area contributed by atoms with E-state index in [0.29, 0.717) is 6.42 Å². The number of rotatable bonds is 6. The monoisotopic (exact) mass is 187 g/mol. The zero-order valence-corrected chi connectivity index (χ0v) is 8.88. The fourth-order valence-corrected chi connectivity index (χ4v) is 0.935. The van der Waals surface area contributed by atoms with E-state index in [4.69, 9.17) is 10.5 Å². The van der Waals surface area contributed by atoms with Crippen LogP contribution in [0.15, 0.2) is 0 Å². The van der Waals surface area contributed by atoms with E-state index in [2.05, 4.69) is 0 Å². The lowest BCUT2D eigenvalue weighted by Gasteiger charge is -2.10. The third-order valence-corrected chi connectivity index (χ3v) is 1.95. The fraction of sp³-hybridized carbons (Fsp3) is 0.900. The second kappa shape index (κ2) is 6.89. The van der Waals surface area contributed by atoms with Gasteiger partial charge in [0, 0.05) is 12.5 Å². The van der Waals surface area contributed by atoms with E-state index in [0.717, 1.165) is 19.3 Å². The third-order valence-electron chi connectivity index (χ3n) is 1.95. The number of hydrogen-bond acceptors (Lipinski definition) is 3. The predicted octanol–water partition coefficient (Wildman–Crippen LogP) is 1.85. The van der Waals surface area contributed by atoms with Crippen molar-refractivity contribution in [2.45, 2.75) is 58.6 Å². The van der Waals surface area contributed by atoms with Crippen molar-refractivity contribution in [1.82, 2.24) is 0 Å². The molecule has 0 aromatic rings. The van der Waals surface area contributed by atoms with E-state index >= 15 is 0 Å². The zero-order valence-electron chi connectivity index (χ0n) is 8.88. The molecule has 0 fully saturated rings. The molecule has 0 saturated carbocycles. The summed E-state index contributed by atoms with van der Waals surface area (Å²) in [5, 5.41) is 0. The molecule has 2 N–H and O–H groups in total. The molecule has 2 unspecified atom stereocenters. The minimum atomic E-state index is -0.102. The van der Waals surface area contributed by atoms with Crippen LogP contribution < -0.4 is 5.73 Å². The molecular weight excluding hydrogens is 166 g/mol. The number of carbonyl (C=O) groups excluding carboxylic acids is 1. The Morgan fingerprint density at radius 3 is 2.54 bits per heavy atom. The molecule has 0 heterocycles. The van der Waals surface area contributed by atoms with Crippen molar-refractivity contribution in [3.63, 3.8) is 0 Å². The Labute approximate surface area is 80.6 Å². The minimum Gasteiger partial charge on any atom is -0.463 e. The molecule has 0 aliphatic heterocycles. The lowest BCUT2D eigenvalue weighted by Crippen LogP contribution is -2.17. The van der Waals surface area contributed by atoms with E-state index in [-0.39, 0.29) is 18.1 Å². The Morgan fingerprint density at radius 1 is 1.46 bits per heavy atom. The Morgan fingerprint density at radius 2 is 2.08 bits per heavy atom. The number of ether oxygens (including phenoxy) is 1. The van der Waals surface area contributed by atoms with Gasteiger partial charge in [0.25, 0.3) is 0 Å². The van der Waals surface area contributed by atoms with Crippen molar-refractivity contribution in [2.24, 2.45) is 5.73 Å². The van der Waals surface area contributed by atoms with E-state index in [9.17, 15) is 4.79 Å². The maximum atomic E-state index is 11.1. The Balaban J connectivity index is 3.41. The molecule has 0 aliphatic rings. The van der Waals surface area contributed by atoms with Crippen molar-refractivity contribution in [3.8, 4) is 0 Å². The third kappa shape index (κ3) is 7.78. The summed E-state index contributed by atoms with van der Waals surface area (Å²) < 4.78 is 5.10. The number of carbonyl (C=O) groups is 1. The first-order valence-corrected chi connectivity index (χ1v) is 5.01. The molecule has 78 valence electrons. The van der Waals surface area contributed by atoms with Crippen LogP contribution in [0.4, 0.5) is 0 Å². The summed E-state index contributed by atoms with van der Waals surface area (Å²) in [6.07, 6.45) is 3.12. The van der Waals surface area contributed by atoms with Crippen LogP contribution in [0.2, 0.25) is 0 Å². The highest BCUT2D eigenvalue weighted by molar-refractivity contribution is 5.69. The average molecular weight is 187 g/mol. The molecule has 13 heavy (non-hydrogen) atoms. The van der Waals surface area contributed by atoms with Gasteiger partial charge in [0.2, 0.25) is 0 Å². The summed E-state index contributed by atoms with van der Waals surface area (Å²) >= 11 is 0. The first-order valence-electron chi connectivity index (χ1n) is 5.01. The standard InChI is InChI=1S/C10H21NO2/c1-4-9(3)13-10(12)7-5-6-8(2)11/h8-9H,4-7,11H2,1-3H3. The van der Waals surface area contributed by atoms with Crippen LogP contribution in [-0.4, -0.2) is 18.1 Å². The smallest absolute Gasteiger partial charge is 0.306 e. The highest BCUT2D eigenvalue weighted by Gasteiger charge is 2.07. The van der Waals surface area contributed by atoms with Crippen molar-refractivity contribution < 1.29 is 9.53 Å². The molecule has 0 radical (unpaired) electrons. The summed E-state index contributed by atoms with van der Waals surface area (Å²) in [7, 11) is 0. The van der Waals surface area contributed by atoms with Gasteiger partial charge in [-0.1, -0.05) is 6.92 Å². The highest BCUT2D eigenvalue weighted by atomic mass is 16.5. The van der Waals surface area contributed by atoms with Gasteiger partial charge in [-0.05, 0) is 33.1 Å². The van der Waals surface area contributed by atoms with Crippen LogP contribution in [0.3, 0.4) is 0 Å². The van der Waals surface area contributed by atoms with Gasteiger partial charge in [-0.3, -0.25) is 4.79 Å². The van der Waals surface area contributed by atoms with Gasteiger partial charge in [-0.15, -0.1) is 0 Å². The quantitative estimate of drug-likeness (QED) is 0.645. The fourth-order valence-electron chi connectivity index (χ4n) is 0.935. The van der Waals surface area contributed by atoms with Crippen molar-refractivity contribution in [3.05, 3.63) is 0 Å². The van der Waals surface area contributed by atoms with Crippen LogP contribution in [0.1, 0.15) is 46.5 Å². The van der Waals surface area contributed by atoms with Crippen LogP contribution >= 0.6 is 0 Å². The van der Waals surface area contributed by atoms with Gasteiger partial charge < -0.3 is 10.5 Å². The van der Waals surface area contributed by atoms with E-state index < -0.39 is 0 Å². The first kappa shape index (κ1) is 12.4. The maximum Gasteiger partial charge on any atom is 0.306 e. The highest BCUT2D eigenvalue weighted by Crippen LogP contribution is 2.03. The topological polar surface area (TPSA) is 52.3 Å². The molecule has 0 aliphatic carbocycles. The molecule has 0 bridgehead atoms. The number of hydrogen-bond donors (Lipinski definition) is 1. The van der Waals surface area contributed by atoms with Crippen molar-refractivity contribution in [1.29, 1.82) is 0 Å². The number of nitrogens with two attached hydrogens (primary N) is 1. The Kier molecular flexibility index (Phi) is 6.59. The van der Waals surface area contributed by atoms with Crippen molar-refractivity contribution >= 4 is 5.97 Å². The zero-order chi connectivity index (χ0) is 10.3. The van der Waals surface area contributed by atoms with Crippen LogP contribution in [-0.2, 0) is 9.53 Å². The molecule has 0 saturated heterocycles. The average Bonchev–Trinajstić information content (AvgIpc) is 2.03. The predicted molar refractivity (Wildman–Crippen MR) is 53.3 cm³/mol. The van der Waals surface area contributed by atoms with E-state index in [1.54, 1.807) is 0 Å². The SMILES string of the molecule is CCC(C)OC(=O)CCCC(C)N. The second-order valence-corrected chi connectivity index (χ2v) is 3.58.